The van der Waals surface area contributed by atoms with E-state index in [4.69, 9.17) is 0 Å². The first kappa shape index (κ1) is 13.9. The van der Waals surface area contributed by atoms with Crippen LogP contribution in [-0.4, -0.2) is 29.3 Å². The van der Waals surface area contributed by atoms with Gasteiger partial charge in [0, 0.05) is 17.0 Å². The molecule has 0 aliphatic carbocycles. The zero-order valence-corrected chi connectivity index (χ0v) is 12.3. The van der Waals surface area contributed by atoms with E-state index < -0.39 is 0 Å². The highest BCUT2D eigenvalue weighted by molar-refractivity contribution is 7.09. The van der Waals surface area contributed by atoms with Crippen molar-refractivity contribution in [2.45, 2.75) is 20.4 Å². The van der Waals surface area contributed by atoms with Gasteiger partial charge in [-0.3, -0.25) is 9.69 Å². The van der Waals surface area contributed by atoms with Crippen molar-refractivity contribution in [3.8, 4) is 0 Å². The number of carbonyl (C=O) groups is 1. The van der Waals surface area contributed by atoms with Crippen LogP contribution in [0, 0.1) is 13.8 Å². The molecule has 1 heterocycles. The molecular formula is C15H18N2OS. The van der Waals surface area contributed by atoms with E-state index in [2.05, 4.69) is 4.98 Å². The van der Waals surface area contributed by atoms with E-state index in [0.717, 1.165) is 23.4 Å². The molecule has 100 valence electrons. The van der Waals surface area contributed by atoms with Crippen LogP contribution in [0.1, 0.15) is 26.5 Å². The fraction of sp³-hybridized carbons (Fsp3) is 0.333. The Balaban J connectivity index is 2.00. The van der Waals surface area contributed by atoms with Gasteiger partial charge in [0.2, 0.25) is 0 Å². The topological polar surface area (TPSA) is 33.2 Å². The van der Waals surface area contributed by atoms with Gasteiger partial charge in [-0.1, -0.05) is 24.3 Å². The van der Waals surface area contributed by atoms with Crippen LogP contribution in [0.2, 0.25) is 0 Å². The second-order valence-electron chi connectivity index (χ2n) is 4.77. The van der Waals surface area contributed by atoms with Gasteiger partial charge in [-0.05, 0) is 26.5 Å². The number of Topliss-reactive ketones (excluding diaryl/α,β-unsaturated/α-hetero) is 1. The maximum atomic E-state index is 12.2. The maximum absolute atomic E-state index is 12.2. The van der Waals surface area contributed by atoms with E-state index in [-0.39, 0.29) is 5.78 Å². The fourth-order valence-corrected chi connectivity index (χ4v) is 2.85. The van der Waals surface area contributed by atoms with Gasteiger partial charge < -0.3 is 0 Å². The average Bonchev–Trinajstić information content (AvgIpc) is 2.75. The van der Waals surface area contributed by atoms with E-state index in [9.17, 15) is 4.79 Å². The minimum atomic E-state index is 0.169. The lowest BCUT2D eigenvalue weighted by molar-refractivity contribution is 0.0943. The fourth-order valence-electron chi connectivity index (χ4n) is 2.00. The number of rotatable bonds is 5. The molecule has 2 aromatic rings. The summed E-state index contributed by atoms with van der Waals surface area (Å²) in [6.45, 7) is 5.18. The van der Waals surface area contributed by atoms with E-state index in [1.165, 1.54) is 4.88 Å². The summed E-state index contributed by atoms with van der Waals surface area (Å²) < 4.78 is 0. The maximum Gasteiger partial charge on any atom is 0.177 e. The van der Waals surface area contributed by atoms with Crippen molar-refractivity contribution in [2.24, 2.45) is 0 Å². The standard InChI is InChI=1S/C15H18N2OS/c1-11-6-4-5-7-13(11)14(18)8-17(3)9-15-12(2)16-10-19-15/h4-7,10H,8-9H2,1-3H3. The summed E-state index contributed by atoms with van der Waals surface area (Å²) in [4.78, 5) is 19.7. The number of ketones is 1. The number of hydrogen-bond acceptors (Lipinski definition) is 4. The number of aryl methyl sites for hydroxylation is 2. The van der Waals surface area contributed by atoms with Gasteiger partial charge in [0.25, 0.3) is 0 Å². The molecule has 0 saturated carbocycles. The first-order valence-electron chi connectivity index (χ1n) is 6.24. The Morgan fingerprint density at radius 2 is 2.05 bits per heavy atom. The predicted octanol–water partition coefficient (Wildman–Crippen LogP) is 3.07. The van der Waals surface area contributed by atoms with Crippen LogP contribution in [0.3, 0.4) is 0 Å². The molecule has 0 aliphatic rings. The molecule has 2 rings (SSSR count). The monoisotopic (exact) mass is 274 g/mol. The lowest BCUT2D eigenvalue weighted by atomic mass is 10.0. The Kier molecular flexibility index (Phi) is 4.45. The highest BCUT2D eigenvalue weighted by atomic mass is 32.1. The molecule has 0 amide bonds. The van der Waals surface area contributed by atoms with Crippen molar-refractivity contribution < 1.29 is 4.79 Å². The summed E-state index contributed by atoms with van der Waals surface area (Å²) in [5, 5.41) is 0. The largest absolute Gasteiger partial charge is 0.294 e. The molecule has 1 aromatic carbocycles. The van der Waals surface area contributed by atoms with Crippen molar-refractivity contribution in [3.63, 3.8) is 0 Å². The molecule has 0 fully saturated rings. The molecule has 0 saturated heterocycles. The minimum Gasteiger partial charge on any atom is -0.294 e. The summed E-state index contributed by atoms with van der Waals surface area (Å²) in [7, 11) is 1.97. The van der Waals surface area contributed by atoms with Crippen molar-refractivity contribution in [1.82, 2.24) is 9.88 Å². The van der Waals surface area contributed by atoms with Gasteiger partial charge in [0.05, 0.1) is 17.7 Å². The lowest BCUT2D eigenvalue weighted by Gasteiger charge is -2.15. The van der Waals surface area contributed by atoms with Gasteiger partial charge >= 0.3 is 0 Å². The van der Waals surface area contributed by atoms with Crippen LogP contribution in [-0.2, 0) is 6.54 Å². The average molecular weight is 274 g/mol. The number of thiazole rings is 1. The molecule has 19 heavy (non-hydrogen) atoms. The molecule has 0 aliphatic heterocycles. The summed E-state index contributed by atoms with van der Waals surface area (Å²) in [6.07, 6.45) is 0. The van der Waals surface area contributed by atoms with Gasteiger partial charge in [0.1, 0.15) is 0 Å². The second kappa shape index (κ2) is 6.08. The molecule has 0 radical (unpaired) electrons. The third-order valence-electron chi connectivity index (χ3n) is 3.12. The highest BCUT2D eigenvalue weighted by Crippen LogP contribution is 2.15. The third kappa shape index (κ3) is 3.49. The van der Waals surface area contributed by atoms with Crippen LogP contribution in [0.4, 0.5) is 0 Å². The third-order valence-corrected chi connectivity index (χ3v) is 4.04. The first-order chi connectivity index (χ1) is 9.08. The van der Waals surface area contributed by atoms with Gasteiger partial charge in [0.15, 0.2) is 5.78 Å². The molecule has 0 N–H and O–H groups in total. The smallest absolute Gasteiger partial charge is 0.177 e. The number of benzene rings is 1. The predicted molar refractivity (Wildman–Crippen MR) is 78.7 cm³/mol. The summed E-state index contributed by atoms with van der Waals surface area (Å²) in [5.74, 6) is 0.169. The molecule has 0 bridgehead atoms. The van der Waals surface area contributed by atoms with E-state index in [0.29, 0.717) is 6.54 Å². The number of nitrogens with zero attached hydrogens (tertiary/aromatic N) is 2. The van der Waals surface area contributed by atoms with Crippen molar-refractivity contribution in [3.05, 3.63) is 51.5 Å². The quantitative estimate of drug-likeness (QED) is 0.786. The van der Waals surface area contributed by atoms with Gasteiger partial charge in [-0.15, -0.1) is 11.3 Å². The van der Waals surface area contributed by atoms with Gasteiger partial charge in [-0.25, -0.2) is 4.98 Å². The number of aromatic nitrogens is 1. The van der Waals surface area contributed by atoms with Crippen molar-refractivity contribution in [2.75, 3.05) is 13.6 Å². The molecule has 1 aromatic heterocycles. The van der Waals surface area contributed by atoms with Crippen LogP contribution in [0.15, 0.2) is 29.8 Å². The Bertz CT molecular complexity index is 577. The Morgan fingerprint density at radius 1 is 1.32 bits per heavy atom. The zero-order valence-electron chi connectivity index (χ0n) is 11.5. The SMILES string of the molecule is Cc1ccccc1C(=O)CN(C)Cc1scnc1C. The molecule has 0 spiro atoms. The first-order valence-corrected chi connectivity index (χ1v) is 7.12. The Labute approximate surface area is 117 Å². The highest BCUT2D eigenvalue weighted by Gasteiger charge is 2.13. The second-order valence-corrected chi connectivity index (χ2v) is 5.71. The number of likely N-dealkylation sites (N-methyl/N-ethyl adjacent to an activating group) is 1. The van der Waals surface area contributed by atoms with Crippen molar-refractivity contribution in [1.29, 1.82) is 0 Å². The molecule has 0 unspecified atom stereocenters. The van der Waals surface area contributed by atoms with Crippen molar-refractivity contribution >= 4 is 17.1 Å². The van der Waals surface area contributed by atoms with E-state index >= 15 is 0 Å². The lowest BCUT2D eigenvalue weighted by Crippen LogP contribution is -2.26. The molecule has 0 atom stereocenters. The summed E-state index contributed by atoms with van der Waals surface area (Å²) >= 11 is 1.64. The molecular weight excluding hydrogens is 256 g/mol. The molecule has 4 heteroatoms. The van der Waals surface area contributed by atoms with Crippen LogP contribution in [0.25, 0.3) is 0 Å². The van der Waals surface area contributed by atoms with Crippen LogP contribution in [0.5, 0.6) is 0 Å². The zero-order chi connectivity index (χ0) is 13.8. The normalized spacial score (nSPS) is 10.9. The number of carbonyl (C=O) groups excluding carboxylic acids is 1. The van der Waals surface area contributed by atoms with Crippen LogP contribution >= 0.6 is 11.3 Å². The number of hydrogen-bond donors (Lipinski definition) is 0. The Morgan fingerprint density at radius 3 is 2.68 bits per heavy atom. The van der Waals surface area contributed by atoms with E-state index in [1.807, 2.05) is 55.6 Å². The summed E-state index contributed by atoms with van der Waals surface area (Å²) in [6, 6.07) is 7.73. The minimum absolute atomic E-state index is 0.169. The summed E-state index contributed by atoms with van der Waals surface area (Å²) in [5.41, 5.74) is 4.76. The Hall–Kier alpha value is -1.52. The van der Waals surface area contributed by atoms with E-state index in [1.54, 1.807) is 11.3 Å². The van der Waals surface area contributed by atoms with Gasteiger partial charge in [-0.2, -0.15) is 0 Å². The van der Waals surface area contributed by atoms with Crippen LogP contribution < -0.4 is 0 Å². The molecule has 3 nitrogen and oxygen atoms in total.